The van der Waals surface area contributed by atoms with Gasteiger partial charge < -0.3 is 0 Å². The van der Waals surface area contributed by atoms with E-state index in [-0.39, 0.29) is 18.6 Å². The van der Waals surface area contributed by atoms with Crippen LogP contribution in [0.25, 0.3) is 0 Å². The summed E-state index contributed by atoms with van der Waals surface area (Å²) in [5.74, 6) is -1.25. The van der Waals surface area contributed by atoms with Crippen molar-refractivity contribution in [3.05, 3.63) is 11.6 Å². The molecule has 0 N–H and O–H groups in total. The maximum atomic E-state index is 12.2. The van der Waals surface area contributed by atoms with Crippen molar-refractivity contribution in [2.45, 2.75) is 38.8 Å². The Balaban J connectivity index is 2.51. The lowest BCUT2D eigenvalue weighted by Crippen LogP contribution is -2.25. The molecular formula is C10H13F3O. The number of alkyl halides is 3. The number of carbonyl (C=O) groups is 1. The Morgan fingerprint density at radius 3 is 2.21 bits per heavy atom. The van der Waals surface area contributed by atoms with E-state index in [4.69, 9.17) is 0 Å². The summed E-state index contributed by atoms with van der Waals surface area (Å²) >= 11 is 0. The fourth-order valence-electron chi connectivity index (χ4n) is 1.75. The Morgan fingerprint density at radius 1 is 1.36 bits per heavy atom. The van der Waals surface area contributed by atoms with Crippen LogP contribution in [0.2, 0.25) is 0 Å². The summed E-state index contributed by atoms with van der Waals surface area (Å²) in [5.41, 5.74) is 0.859. The molecule has 0 aromatic rings. The van der Waals surface area contributed by atoms with E-state index in [0.29, 0.717) is 12.8 Å². The first-order valence-electron chi connectivity index (χ1n) is 4.66. The molecule has 80 valence electrons. The highest BCUT2D eigenvalue weighted by Gasteiger charge is 2.40. The maximum absolute atomic E-state index is 12.2. The van der Waals surface area contributed by atoms with Crippen LogP contribution >= 0.6 is 0 Å². The molecule has 14 heavy (non-hydrogen) atoms. The lowest BCUT2D eigenvalue weighted by Gasteiger charge is -2.25. The van der Waals surface area contributed by atoms with Crippen molar-refractivity contribution < 1.29 is 18.0 Å². The Morgan fingerprint density at radius 2 is 1.86 bits per heavy atom. The van der Waals surface area contributed by atoms with E-state index in [9.17, 15) is 18.0 Å². The number of rotatable bonds is 1. The molecule has 1 rings (SSSR count). The molecule has 0 aliphatic heterocycles. The predicted octanol–water partition coefficient (Wildman–Crippen LogP) is 3.25. The van der Waals surface area contributed by atoms with Gasteiger partial charge in [-0.05, 0) is 38.7 Å². The minimum atomic E-state index is -4.07. The van der Waals surface area contributed by atoms with Crippen molar-refractivity contribution in [3.8, 4) is 0 Å². The van der Waals surface area contributed by atoms with Gasteiger partial charge in [0, 0.05) is 0 Å². The van der Waals surface area contributed by atoms with Gasteiger partial charge in [0.1, 0.15) is 0 Å². The van der Waals surface area contributed by atoms with Crippen molar-refractivity contribution in [3.63, 3.8) is 0 Å². The van der Waals surface area contributed by atoms with E-state index in [1.807, 2.05) is 0 Å². The number of carbonyl (C=O) groups excluding carboxylic acids is 1. The first-order chi connectivity index (χ1) is 6.39. The van der Waals surface area contributed by atoms with Gasteiger partial charge in [0.25, 0.3) is 0 Å². The largest absolute Gasteiger partial charge is 0.391 e. The molecular weight excluding hydrogens is 193 g/mol. The zero-order valence-electron chi connectivity index (χ0n) is 8.03. The van der Waals surface area contributed by atoms with Crippen LogP contribution in [-0.2, 0) is 4.79 Å². The Bertz CT molecular complexity index is 243. The normalized spacial score (nSPS) is 23.4. The average Bonchev–Trinajstić information content (AvgIpc) is 2.02. The van der Waals surface area contributed by atoms with Crippen molar-refractivity contribution in [2.75, 3.05) is 0 Å². The lowest BCUT2D eigenvalue weighted by molar-refractivity contribution is -0.179. The fourth-order valence-corrected chi connectivity index (χ4v) is 1.75. The summed E-state index contributed by atoms with van der Waals surface area (Å²) in [5, 5.41) is 0. The summed E-state index contributed by atoms with van der Waals surface area (Å²) < 4.78 is 36.7. The van der Waals surface area contributed by atoms with E-state index in [0.717, 1.165) is 5.57 Å². The number of hydrogen-bond donors (Lipinski definition) is 0. The zero-order valence-corrected chi connectivity index (χ0v) is 8.03. The molecule has 4 heteroatoms. The second kappa shape index (κ2) is 4.15. The average molecular weight is 206 g/mol. The van der Waals surface area contributed by atoms with Crippen LogP contribution in [0.5, 0.6) is 0 Å². The minimum Gasteiger partial charge on any atom is -0.295 e. The van der Waals surface area contributed by atoms with Crippen LogP contribution in [0, 0.1) is 5.92 Å². The maximum Gasteiger partial charge on any atom is 0.391 e. The molecule has 0 bridgehead atoms. The van der Waals surface area contributed by atoms with Crippen LogP contribution in [-0.4, -0.2) is 12.0 Å². The van der Waals surface area contributed by atoms with Gasteiger partial charge in [-0.2, -0.15) is 13.2 Å². The monoisotopic (exact) mass is 206 g/mol. The van der Waals surface area contributed by atoms with Gasteiger partial charge in [-0.15, -0.1) is 0 Å². The molecule has 0 spiro atoms. The molecule has 1 fully saturated rings. The molecule has 0 unspecified atom stereocenters. The quantitative estimate of drug-likeness (QED) is 0.602. The first-order valence-corrected chi connectivity index (χ1v) is 4.66. The molecule has 0 heterocycles. The molecule has 0 amide bonds. The third kappa shape index (κ3) is 3.16. The standard InChI is InChI=1S/C10H13F3O/c1-7(14)6-8-2-4-9(5-3-8)10(11,12)13/h6,9H,2-5H2,1H3. The highest BCUT2D eigenvalue weighted by Crippen LogP contribution is 2.39. The van der Waals surface area contributed by atoms with Gasteiger partial charge in [0.2, 0.25) is 0 Å². The second-order valence-corrected chi connectivity index (χ2v) is 3.73. The molecule has 1 aliphatic rings. The van der Waals surface area contributed by atoms with Gasteiger partial charge in [0.15, 0.2) is 5.78 Å². The Kier molecular flexibility index (Phi) is 3.34. The number of allylic oxidation sites excluding steroid dienone is 2. The zero-order chi connectivity index (χ0) is 10.8. The van der Waals surface area contributed by atoms with E-state index in [1.54, 1.807) is 0 Å². The van der Waals surface area contributed by atoms with E-state index in [1.165, 1.54) is 13.0 Å². The van der Waals surface area contributed by atoms with Crippen molar-refractivity contribution >= 4 is 5.78 Å². The first kappa shape index (κ1) is 11.3. The number of hydrogen-bond acceptors (Lipinski definition) is 1. The van der Waals surface area contributed by atoms with E-state index < -0.39 is 12.1 Å². The third-order valence-electron chi connectivity index (χ3n) is 2.50. The summed E-state index contributed by atoms with van der Waals surface area (Å²) in [6.45, 7) is 1.42. The highest BCUT2D eigenvalue weighted by atomic mass is 19.4. The molecule has 0 radical (unpaired) electrons. The summed E-state index contributed by atoms with van der Waals surface area (Å²) in [7, 11) is 0. The molecule has 0 aromatic heterocycles. The van der Waals surface area contributed by atoms with E-state index >= 15 is 0 Å². The van der Waals surface area contributed by atoms with Crippen LogP contribution in [0.4, 0.5) is 13.2 Å². The van der Waals surface area contributed by atoms with Gasteiger partial charge in [-0.3, -0.25) is 4.79 Å². The van der Waals surface area contributed by atoms with Crippen LogP contribution < -0.4 is 0 Å². The fraction of sp³-hybridized carbons (Fsp3) is 0.700. The van der Waals surface area contributed by atoms with Crippen molar-refractivity contribution in [1.29, 1.82) is 0 Å². The predicted molar refractivity (Wildman–Crippen MR) is 46.8 cm³/mol. The van der Waals surface area contributed by atoms with Crippen molar-refractivity contribution in [1.82, 2.24) is 0 Å². The van der Waals surface area contributed by atoms with E-state index in [2.05, 4.69) is 0 Å². The van der Waals surface area contributed by atoms with Gasteiger partial charge >= 0.3 is 6.18 Å². The minimum absolute atomic E-state index is 0.0783. The lowest BCUT2D eigenvalue weighted by atomic mass is 9.85. The van der Waals surface area contributed by atoms with Crippen molar-refractivity contribution in [2.24, 2.45) is 5.92 Å². The van der Waals surface area contributed by atoms with Gasteiger partial charge in [-0.1, -0.05) is 5.57 Å². The second-order valence-electron chi connectivity index (χ2n) is 3.73. The van der Waals surface area contributed by atoms with Crippen LogP contribution in [0.15, 0.2) is 11.6 Å². The Labute approximate surface area is 81.0 Å². The summed E-state index contributed by atoms with van der Waals surface area (Å²) in [6.07, 6.45) is -1.53. The molecule has 1 aliphatic carbocycles. The highest BCUT2D eigenvalue weighted by molar-refractivity contribution is 5.87. The Hall–Kier alpha value is -0.800. The number of halogens is 3. The smallest absolute Gasteiger partial charge is 0.295 e. The number of ketones is 1. The SMILES string of the molecule is CC(=O)C=C1CCC(C(F)(F)F)CC1. The summed E-state index contributed by atoms with van der Waals surface area (Å²) in [4.78, 5) is 10.7. The summed E-state index contributed by atoms with van der Waals surface area (Å²) in [6, 6.07) is 0. The van der Waals surface area contributed by atoms with Crippen LogP contribution in [0.1, 0.15) is 32.6 Å². The third-order valence-corrected chi connectivity index (χ3v) is 2.50. The molecule has 1 nitrogen and oxygen atoms in total. The topological polar surface area (TPSA) is 17.1 Å². The molecule has 0 aromatic carbocycles. The molecule has 0 atom stereocenters. The van der Waals surface area contributed by atoms with Crippen LogP contribution in [0.3, 0.4) is 0 Å². The van der Waals surface area contributed by atoms with Gasteiger partial charge in [0.05, 0.1) is 5.92 Å². The molecule has 1 saturated carbocycles. The van der Waals surface area contributed by atoms with Gasteiger partial charge in [-0.25, -0.2) is 0 Å². The molecule has 0 saturated heterocycles.